The number of carbonyl (C=O) groups excluding carboxylic acids is 1. The van der Waals surface area contributed by atoms with Gasteiger partial charge in [0, 0.05) is 21.9 Å². The number of thiophene rings is 1. The van der Waals surface area contributed by atoms with Crippen LogP contribution in [0.5, 0.6) is 0 Å². The molecule has 1 saturated heterocycles. The van der Waals surface area contributed by atoms with Crippen molar-refractivity contribution in [2.45, 2.75) is 0 Å². The zero-order chi connectivity index (χ0) is 18.8. The summed E-state index contributed by atoms with van der Waals surface area (Å²) in [6, 6.07) is 9.91. The number of aliphatic carboxylic acids is 1. The molecular weight excluding hydrogens is 396 g/mol. The third-order valence-electron chi connectivity index (χ3n) is 3.41. The maximum Gasteiger partial charge on any atom is 0.323 e. The summed E-state index contributed by atoms with van der Waals surface area (Å²) >= 11 is 7.48. The summed E-state index contributed by atoms with van der Waals surface area (Å²) in [7, 11) is 0. The van der Waals surface area contributed by atoms with Crippen molar-refractivity contribution < 1.29 is 19.6 Å². The number of carboxylic acid groups (broad SMARTS) is 1. The van der Waals surface area contributed by atoms with Crippen molar-refractivity contribution in [2.24, 2.45) is 0 Å². The summed E-state index contributed by atoms with van der Waals surface area (Å²) in [4.78, 5) is 36.5. The lowest BCUT2D eigenvalue weighted by molar-refractivity contribution is -0.384. The number of carboxylic acids is 1. The molecule has 1 N–H and O–H groups in total. The van der Waals surface area contributed by atoms with Gasteiger partial charge in [0.1, 0.15) is 10.9 Å². The van der Waals surface area contributed by atoms with Crippen molar-refractivity contribution in [3.05, 3.63) is 56.3 Å². The van der Waals surface area contributed by atoms with Crippen LogP contribution in [0.1, 0.15) is 4.88 Å². The molecule has 0 radical (unpaired) electrons. The smallest absolute Gasteiger partial charge is 0.323 e. The number of nitro benzene ring substituents is 1. The predicted molar refractivity (Wildman–Crippen MR) is 104 cm³/mol. The molecule has 2 heterocycles. The van der Waals surface area contributed by atoms with Gasteiger partial charge < -0.3 is 5.11 Å². The lowest BCUT2D eigenvalue weighted by Gasteiger charge is -2.09. The molecule has 0 saturated carbocycles. The Morgan fingerprint density at radius 2 is 2.12 bits per heavy atom. The highest BCUT2D eigenvalue weighted by Crippen LogP contribution is 2.36. The summed E-state index contributed by atoms with van der Waals surface area (Å²) in [6.45, 7) is -0.467. The average molecular weight is 406 g/mol. The molecule has 0 aliphatic carbocycles. The maximum atomic E-state index is 12.3. The highest BCUT2D eigenvalue weighted by atomic mass is 32.2. The second kappa shape index (κ2) is 7.36. The van der Waals surface area contributed by atoms with Crippen LogP contribution in [0.25, 0.3) is 16.5 Å². The number of rotatable bonds is 5. The minimum absolute atomic E-state index is 0.00647. The molecule has 3 rings (SSSR count). The average Bonchev–Trinajstić information content (AvgIpc) is 3.15. The van der Waals surface area contributed by atoms with Crippen LogP contribution in [-0.2, 0) is 9.59 Å². The van der Waals surface area contributed by atoms with E-state index in [9.17, 15) is 19.7 Å². The quantitative estimate of drug-likeness (QED) is 0.350. The summed E-state index contributed by atoms with van der Waals surface area (Å²) in [5.41, 5.74) is 0.717. The number of hydrogen-bond donors (Lipinski definition) is 1. The molecule has 1 fully saturated rings. The van der Waals surface area contributed by atoms with Gasteiger partial charge in [-0.25, -0.2) is 0 Å². The SMILES string of the molecule is O=C(O)CN1C(=O)/C(=C\c2ccc(-c3cccc([N+](=O)[O-])c3)s2)SC1=S. The molecule has 0 atom stereocenters. The monoisotopic (exact) mass is 406 g/mol. The van der Waals surface area contributed by atoms with Crippen LogP contribution >= 0.6 is 35.3 Å². The lowest BCUT2D eigenvalue weighted by Crippen LogP contribution is -2.33. The van der Waals surface area contributed by atoms with Gasteiger partial charge in [0.05, 0.1) is 9.83 Å². The molecule has 26 heavy (non-hydrogen) atoms. The van der Waals surface area contributed by atoms with E-state index in [1.807, 2.05) is 6.07 Å². The third-order valence-corrected chi connectivity index (χ3v) is 5.87. The van der Waals surface area contributed by atoms with Crippen LogP contribution in [-0.4, -0.2) is 37.7 Å². The number of thioether (sulfide) groups is 1. The van der Waals surface area contributed by atoms with Crippen molar-refractivity contribution in [1.29, 1.82) is 0 Å². The molecule has 1 aromatic heterocycles. The molecule has 132 valence electrons. The van der Waals surface area contributed by atoms with Crippen LogP contribution in [0.4, 0.5) is 5.69 Å². The van der Waals surface area contributed by atoms with Crippen molar-refractivity contribution in [3.8, 4) is 10.4 Å². The van der Waals surface area contributed by atoms with Crippen LogP contribution < -0.4 is 0 Å². The Balaban J connectivity index is 1.85. The van der Waals surface area contributed by atoms with E-state index in [1.165, 1.54) is 23.5 Å². The van der Waals surface area contributed by atoms with Crippen molar-refractivity contribution in [3.63, 3.8) is 0 Å². The van der Waals surface area contributed by atoms with Gasteiger partial charge in [-0.3, -0.25) is 24.6 Å². The second-order valence-electron chi connectivity index (χ2n) is 5.17. The molecule has 0 spiro atoms. The molecule has 7 nitrogen and oxygen atoms in total. The summed E-state index contributed by atoms with van der Waals surface area (Å²) in [5.74, 6) is -1.57. The Hall–Kier alpha value is -2.56. The molecule has 2 aromatic rings. The number of nitro groups is 1. The summed E-state index contributed by atoms with van der Waals surface area (Å²) in [5, 5.41) is 19.7. The Bertz CT molecular complexity index is 966. The van der Waals surface area contributed by atoms with E-state index in [1.54, 1.807) is 24.3 Å². The Kier molecular flexibility index (Phi) is 5.16. The van der Waals surface area contributed by atoms with E-state index < -0.39 is 23.3 Å². The fourth-order valence-electron chi connectivity index (χ4n) is 2.26. The van der Waals surface area contributed by atoms with Crippen molar-refractivity contribution >= 4 is 63.3 Å². The fraction of sp³-hybridized carbons (Fsp3) is 0.0625. The van der Waals surface area contributed by atoms with Gasteiger partial charge in [-0.1, -0.05) is 36.1 Å². The Labute approximate surface area is 161 Å². The van der Waals surface area contributed by atoms with Crippen LogP contribution in [0.3, 0.4) is 0 Å². The first-order chi connectivity index (χ1) is 12.3. The Morgan fingerprint density at radius 1 is 1.35 bits per heavy atom. The summed E-state index contributed by atoms with van der Waals surface area (Å²) in [6.07, 6.45) is 1.65. The first-order valence-electron chi connectivity index (χ1n) is 7.17. The highest BCUT2D eigenvalue weighted by Gasteiger charge is 2.33. The molecule has 0 bridgehead atoms. The van der Waals surface area contributed by atoms with E-state index in [4.69, 9.17) is 17.3 Å². The molecule has 1 aliphatic heterocycles. The number of non-ortho nitro benzene ring substituents is 1. The van der Waals surface area contributed by atoms with Gasteiger partial charge in [-0.2, -0.15) is 0 Å². The Morgan fingerprint density at radius 3 is 2.81 bits per heavy atom. The van der Waals surface area contributed by atoms with E-state index in [0.717, 1.165) is 26.4 Å². The van der Waals surface area contributed by atoms with Gasteiger partial charge in [0.25, 0.3) is 11.6 Å². The van der Waals surface area contributed by atoms with Gasteiger partial charge in [-0.15, -0.1) is 11.3 Å². The molecule has 1 aromatic carbocycles. The molecule has 1 amide bonds. The topological polar surface area (TPSA) is 101 Å². The molecule has 0 unspecified atom stereocenters. The van der Waals surface area contributed by atoms with E-state index in [2.05, 4.69) is 0 Å². The van der Waals surface area contributed by atoms with E-state index in [0.29, 0.717) is 10.5 Å². The van der Waals surface area contributed by atoms with E-state index in [-0.39, 0.29) is 10.0 Å². The first kappa shape index (κ1) is 18.2. The number of carbonyl (C=O) groups is 2. The van der Waals surface area contributed by atoms with Crippen LogP contribution in [0.2, 0.25) is 0 Å². The minimum Gasteiger partial charge on any atom is -0.480 e. The highest BCUT2D eigenvalue weighted by molar-refractivity contribution is 8.26. The molecule has 10 heteroatoms. The normalized spacial score (nSPS) is 15.7. The van der Waals surface area contributed by atoms with Crippen LogP contribution in [0, 0.1) is 10.1 Å². The zero-order valence-electron chi connectivity index (χ0n) is 12.9. The van der Waals surface area contributed by atoms with E-state index >= 15 is 0 Å². The molecule has 1 aliphatic rings. The van der Waals surface area contributed by atoms with Gasteiger partial charge >= 0.3 is 5.97 Å². The van der Waals surface area contributed by atoms with Crippen LogP contribution in [0.15, 0.2) is 41.3 Å². The first-order valence-corrected chi connectivity index (χ1v) is 9.21. The minimum atomic E-state index is -1.13. The number of amides is 1. The fourth-order valence-corrected chi connectivity index (χ4v) is 4.53. The lowest BCUT2D eigenvalue weighted by atomic mass is 10.2. The summed E-state index contributed by atoms with van der Waals surface area (Å²) < 4.78 is 0.208. The van der Waals surface area contributed by atoms with Gasteiger partial charge in [0.2, 0.25) is 0 Å². The van der Waals surface area contributed by atoms with Crippen molar-refractivity contribution in [2.75, 3.05) is 6.54 Å². The number of thiocarbonyl (C=S) groups is 1. The standard InChI is InChI=1S/C16H10N2O5S3/c19-14(20)8-17-15(21)13(26-16(17)24)7-11-4-5-12(25-11)9-2-1-3-10(6-9)18(22)23/h1-7H,8H2,(H,19,20)/b13-7+. The van der Waals surface area contributed by atoms with Gasteiger partial charge in [-0.05, 0) is 23.8 Å². The molecular formula is C16H10N2O5S3. The number of benzene rings is 1. The van der Waals surface area contributed by atoms with Gasteiger partial charge in [0.15, 0.2) is 0 Å². The second-order valence-corrected chi connectivity index (χ2v) is 7.96. The predicted octanol–water partition coefficient (Wildman–Crippen LogP) is 3.61. The largest absolute Gasteiger partial charge is 0.480 e. The van der Waals surface area contributed by atoms with Crippen molar-refractivity contribution in [1.82, 2.24) is 4.90 Å². The zero-order valence-corrected chi connectivity index (χ0v) is 15.4. The number of hydrogen-bond acceptors (Lipinski definition) is 7. The maximum absolute atomic E-state index is 12.3. The number of nitrogens with zero attached hydrogens (tertiary/aromatic N) is 2. The third kappa shape index (κ3) is 3.82.